The third-order valence-corrected chi connectivity index (χ3v) is 2.70. The predicted octanol–water partition coefficient (Wildman–Crippen LogP) is 2.57. The number of halogens is 1. The van der Waals surface area contributed by atoms with Gasteiger partial charge in [0.2, 0.25) is 0 Å². The summed E-state index contributed by atoms with van der Waals surface area (Å²) in [5.41, 5.74) is 9.43. The molecule has 2 rings (SSSR count). The Kier molecular flexibility index (Phi) is 5.22. The molecule has 0 spiro atoms. The number of nitrogens with two attached hydrogens (primary N) is 1. The molecule has 0 aliphatic carbocycles. The maximum atomic E-state index is 12.8. The fourth-order valence-electron chi connectivity index (χ4n) is 1.63. The second-order valence-electron chi connectivity index (χ2n) is 4.19. The van der Waals surface area contributed by atoms with Gasteiger partial charge in [-0.15, -0.1) is 0 Å². The van der Waals surface area contributed by atoms with Crippen LogP contribution in [-0.4, -0.2) is 11.3 Å². The maximum Gasteiger partial charge on any atom is 0.184 e. The van der Waals surface area contributed by atoms with Crippen molar-refractivity contribution in [2.24, 2.45) is 10.8 Å². The zero-order valence-electron chi connectivity index (χ0n) is 11.1. The maximum absolute atomic E-state index is 12.8. The SMILES string of the molecule is NC(=S)NN=Cc1ccccc1OCc1ccc(F)cc1. The smallest absolute Gasteiger partial charge is 0.184 e. The number of rotatable bonds is 5. The standard InChI is InChI=1S/C15H14FN3OS/c16-13-7-5-11(6-8-13)10-20-14-4-2-1-3-12(14)9-18-19-15(17)21/h1-9H,10H2,(H3,17,19,21). The summed E-state index contributed by atoms with van der Waals surface area (Å²) in [5, 5.41) is 3.99. The van der Waals surface area contributed by atoms with Crippen molar-refractivity contribution in [1.82, 2.24) is 5.43 Å². The van der Waals surface area contributed by atoms with Crippen LogP contribution >= 0.6 is 12.2 Å². The first-order valence-electron chi connectivity index (χ1n) is 6.20. The average Bonchev–Trinajstić information content (AvgIpc) is 2.47. The van der Waals surface area contributed by atoms with E-state index in [2.05, 4.69) is 22.7 Å². The Morgan fingerprint density at radius 2 is 1.95 bits per heavy atom. The van der Waals surface area contributed by atoms with Crippen LogP contribution in [0.1, 0.15) is 11.1 Å². The van der Waals surface area contributed by atoms with E-state index < -0.39 is 0 Å². The molecular formula is C15H14FN3OS. The molecule has 2 aromatic rings. The third-order valence-electron chi connectivity index (χ3n) is 2.60. The highest BCUT2D eigenvalue weighted by Crippen LogP contribution is 2.17. The number of ether oxygens (including phenoxy) is 1. The summed E-state index contributed by atoms with van der Waals surface area (Å²) < 4.78 is 18.5. The lowest BCUT2D eigenvalue weighted by Crippen LogP contribution is -2.24. The second-order valence-corrected chi connectivity index (χ2v) is 4.63. The molecule has 3 N–H and O–H groups in total. The van der Waals surface area contributed by atoms with Gasteiger partial charge in [0.1, 0.15) is 18.2 Å². The lowest BCUT2D eigenvalue weighted by Gasteiger charge is -2.09. The van der Waals surface area contributed by atoms with Crippen molar-refractivity contribution in [2.75, 3.05) is 0 Å². The summed E-state index contributed by atoms with van der Waals surface area (Å²) in [6.45, 7) is 0.341. The Morgan fingerprint density at radius 3 is 2.67 bits per heavy atom. The lowest BCUT2D eigenvalue weighted by atomic mass is 10.2. The second kappa shape index (κ2) is 7.35. The van der Waals surface area contributed by atoms with Crippen molar-refractivity contribution >= 4 is 23.5 Å². The van der Waals surface area contributed by atoms with Crippen LogP contribution < -0.4 is 15.9 Å². The number of thiocarbonyl (C=S) groups is 1. The van der Waals surface area contributed by atoms with E-state index in [1.165, 1.54) is 12.1 Å². The molecule has 108 valence electrons. The minimum absolute atomic E-state index is 0.0935. The van der Waals surface area contributed by atoms with E-state index in [-0.39, 0.29) is 10.9 Å². The Balaban J connectivity index is 2.04. The lowest BCUT2D eigenvalue weighted by molar-refractivity contribution is 0.305. The highest BCUT2D eigenvalue weighted by Gasteiger charge is 2.01. The van der Waals surface area contributed by atoms with Gasteiger partial charge in [-0.1, -0.05) is 24.3 Å². The molecule has 4 nitrogen and oxygen atoms in total. The van der Waals surface area contributed by atoms with Gasteiger partial charge in [0.05, 0.1) is 6.21 Å². The van der Waals surface area contributed by atoms with Crippen LogP contribution in [0.3, 0.4) is 0 Å². The first kappa shape index (κ1) is 14.9. The van der Waals surface area contributed by atoms with Crippen molar-refractivity contribution in [3.05, 3.63) is 65.5 Å². The molecule has 0 aliphatic heterocycles. The Bertz CT molecular complexity index is 644. The minimum atomic E-state index is -0.268. The van der Waals surface area contributed by atoms with Crippen molar-refractivity contribution in [3.63, 3.8) is 0 Å². The zero-order valence-corrected chi connectivity index (χ0v) is 11.9. The summed E-state index contributed by atoms with van der Waals surface area (Å²) in [5.74, 6) is 0.394. The highest BCUT2D eigenvalue weighted by atomic mass is 32.1. The molecule has 0 amide bonds. The van der Waals surface area contributed by atoms with E-state index >= 15 is 0 Å². The monoisotopic (exact) mass is 303 g/mol. The Morgan fingerprint density at radius 1 is 1.24 bits per heavy atom. The van der Waals surface area contributed by atoms with Crippen LogP contribution in [-0.2, 0) is 6.61 Å². The summed E-state index contributed by atoms with van der Waals surface area (Å²) in [4.78, 5) is 0. The Labute approximate surface area is 127 Å². The summed E-state index contributed by atoms with van der Waals surface area (Å²) in [6, 6.07) is 13.6. The molecule has 0 radical (unpaired) electrons. The number of nitrogens with one attached hydrogen (secondary N) is 1. The van der Waals surface area contributed by atoms with Crippen LogP contribution in [0.4, 0.5) is 4.39 Å². The molecule has 21 heavy (non-hydrogen) atoms. The van der Waals surface area contributed by atoms with Gasteiger partial charge < -0.3 is 10.5 Å². The molecule has 0 atom stereocenters. The van der Waals surface area contributed by atoms with Gasteiger partial charge in [0.15, 0.2) is 5.11 Å². The fraction of sp³-hybridized carbons (Fsp3) is 0.0667. The molecule has 0 aliphatic rings. The summed E-state index contributed by atoms with van der Waals surface area (Å²) in [6.07, 6.45) is 1.57. The number of hydrogen-bond donors (Lipinski definition) is 2. The number of nitrogens with zero attached hydrogens (tertiary/aromatic N) is 1. The number of hydrogen-bond acceptors (Lipinski definition) is 3. The molecule has 0 aromatic heterocycles. The van der Waals surface area contributed by atoms with Crippen LogP contribution in [0.2, 0.25) is 0 Å². The van der Waals surface area contributed by atoms with Crippen molar-refractivity contribution in [3.8, 4) is 5.75 Å². The van der Waals surface area contributed by atoms with Gasteiger partial charge in [-0.05, 0) is 42.0 Å². The predicted molar refractivity (Wildman–Crippen MR) is 84.7 cm³/mol. The summed E-state index contributed by atoms with van der Waals surface area (Å²) >= 11 is 4.66. The van der Waals surface area contributed by atoms with Gasteiger partial charge in [-0.2, -0.15) is 5.10 Å². The van der Waals surface area contributed by atoms with Crippen molar-refractivity contribution in [2.45, 2.75) is 6.61 Å². The van der Waals surface area contributed by atoms with Crippen LogP contribution in [0.15, 0.2) is 53.6 Å². The number of hydrazone groups is 1. The molecule has 0 saturated heterocycles. The van der Waals surface area contributed by atoms with Crippen molar-refractivity contribution < 1.29 is 9.13 Å². The first-order chi connectivity index (χ1) is 10.1. The molecule has 0 bridgehead atoms. The fourth-order valence-corrected chi connectivity index (χ4v) is 1.68. The van der Waals surface area contributed by atoms with Gasteiger partial charge >= 0.3 is 0 Å². The summed E-state index contributed by atoms with van der Waals surface area (Å²) in [7, 11) is 0. The van der Waals surface area contributed by atoms with Gasteiger partial charge in [0, 0.05) is 5.56 Å². The normalized spacial score (nSPS) is 10.5. The van der Waals surface area contributed by atoms with Gasteiger partial charge in [0.25, 0.3) is 0 Å². The average molecular weight is 303 g/mol. The quantitative estimate of drug-likeness (QED) is 0.506. The molecule has 0 saturated carbocycles. The third kappa shape index (κ3) is 4.85. The van der Waals surface area contributed by atoms with E-state index in [0.717, 1.165) is 11.1 Å². The van der Waals surface area contributed by atoms with Crippen LogP contribution in [0.5, 0.6) is 5.75 Å². The molecule has 0 unspecified atom stereocenters. The minimum Gasteiger partial charge on any atom is -0.488 e. The molecule has 6 heteroatoms. The van der Waals surface area contributed by atoms with E-state index in [1.807, 2.05) is 24.3 Å². The molecule has 0 heterocycles. The molecule has 0 fully saturated rings. The van der Waals surface area contributed by atoms with E-state index in [0.29, 0.717) is 12.4 Å². The van der Waals surface area contributed by atoms with E-state index in [9.17, 15) is 4.39 Å². The van der Waals surface area contributed by atoms with Crippen molar-refractivity contribution in [1.29, 1.82) is 0 Å². The molecule has 2 aromatic carbocycles. The highest BCUT2D eigenvalue weighted by molar-refractivity contribution is 7.80. The van der Waals surface area contributed by atoms with Gasteiger partial charge in [-0.3, -0.25) is 5.43 Å². The largest absolute Gasteiger partial charge is 0.488 e. The topological polar surface area (TPSA) is 59.6 Å². The Hall–Kier alpha value is -2.47. The van der Waals surface area contributed by atoms with Crippen LogP contribution in [0.25, 0.3) is 0 Å². The van der Waals surface area contributed by atoms with Gasteiger partial charge in [-0.25, -0.2) is 4.39 Å². The molecular weight excluding hydrogens is 289 g/mol. The first-order valence-corrected chi connectivity index (χ1v) is 6.61. The van der Waals surface area contributed by atoms with Crippen LogP contribution in [0, 0.1) is 5.82 Å². The zero-order chi connectivity index (χ0) is 15.1. The number of benzene rings is 2. The van der Waals surface area contributed by atoms with E-state index in [1.54, 1.807) is 18.3 Å². The van der Waals surface area contributed by atoms with E-state index in [4.69, 9.17) is 10.5 Å². The number of para-hydroxylation sites is 1.